The molecule has 0 spiro atoms. The van der Waals surface area contributed by atoms with Crippen LogP contribution in [0.25, 0.3) is 0 Å². The Hall–Kier alpha value is -1.83. The zero-order valence-corrected chi connectivity index (χ0v) is 7.37. The van der Waals surface area contributed by atoms with Crippen molar-refractivity contribution in [2.75, 3.05) is 0 Å². The third-order valence-corrected chi connectivity index (χ3v) is 1.74. The summed E-state index contributed by atoms with van der Waals surface area (Å²) in [6.07, 6.45) is -3.19. The molecule has 0 aliphatic rings. The second-order valence-electron chi connectivity index (χ2n) is 2.68. The smallest absolute Gasteiger partial charge is 0.285 e. The van der Waals surface area contributed by atoms with Crippen LogP contribution >= 0.6 is 0 Å². The van der Waals surface area contributed by atoms with Gasteiger partial charge in [0.1, 0.15) is 0 Å². The van der Waals surface area contributed by atoms with Crippen molar-refractivity contribution in [2.45, 2.75) is 13.0 Å². The summed E-state index contributed by atoms with van der Waals surface area (Å²) in [5, 5.41) is 10.4. The molecule has 0 unspecified atom stereocenters. The van der Waals surface area contributed by atoms with Gasteiger partial charge in [-0.25, -0.2) is 8.78 Å². The molecular weight excluding hydrogens is 212 g/mol. The van der Waals surface area contributed by atoms with E-state index in [1.807, 2.05) is 4.98 Å². The SMILES string of the molecule is NCc1cc([N+](=O)[O-])c(C(F)F)c(=O)[nH]1. The van der Waals surface area contributed by atoms with E-state index in [4.69, 9.17) is 5.73 Å². The standard InChI is InChI=1S/C7H7F2N3O3/c8-6(9)5-4(12(14)15)1-3(2-10)11-7(5)13/h1,6H,2,10H2,(H,11,13). The molecule has 0 atom stereocenters. The highest BCUT2D eigenvalue weighted by atomic mass is 19.3. The lowest BCUT2D eigenvalue weighted by atomic mass is 10.2. The average molecular weight is 219 g/mol. The zero-order valence-electron chi connectivity index (χ0n) is 7.37. The molecule has 1 aromatic heterocycles. The van der Waals surface area contributed by atoms with E-state index in [-0.39, 0.29) is 12.2 Å². The van der Waals surface area contributed by atoms with Crippen molar-refractivity contribution < 1.29 is 13.7 Å². The first-order chi connectivity index (χ1) is 6.97. The molecule has 82 valence electrons. The van der Waals surface area contributed by atoms with E-state index in [1.54, 1.807) is 0 Å². The molecule has 0 saturated heterocycles. The van der Waals surface area contributed by atoms with Crippen molar-refractivity contribution in [2.24, 2.45) is 5.73 Å². The highest BCUT2D eigenvalue weighted by molar-refractivity contribution is 5.40. The fraction of sp³-hybridized carbons (Fsp3) is 0.286. The van der Waals surface area contributed by atoms with Crippen LogP contribution in [0.4, 0.5) is 14.5 Å². The second kappa shape index (κ2) is 4.13. The lowest BCUT2D eigenvalue weighted by Gasteiger charge is -2.02. The zero-order chi connectivity index (χ0) is 11.6. The van der Waals surface area contributed by atoms with Crippen LogP contribution in [-0.4, -0.2) is 9.91 Å². The number of rotatable bonds is 3. The third-order valence-electron chi connectivity index (χ3n) is 1.74. The number of alkyl halides is 2. The van der Waals surface area contributed by atoms with Crippen LogP contribution in [0.2, 0.25) is 0 Å². The van der Waals surface area contributed by atoms with Gasteiger partial charge in [0.25, 0.3) is 17.7 Å². The molecule has 0 aliphatic heterocycles. The molecule has 3 N–H and O–H groups in total. The first kappa shape index (κ1) is 11.2. The number of hydrogen-bond donors (Lipinski definition) is 2. The van der Waals surface area contributed by atoms with Crippen molar-refractivity contribution in [1.82, 2.24) is 4.98 Å². The number of halogens is 2. The Morgan fingerprint density at radius 2 is 2.20 bits per heavy atom. The van der Waals surface area contributed by atoms with Gasteiger partial charge in [-0.1, -0.05) is 0 Å². The predicted molar refractivity (Wildman–Crippen MR) is 46.6 cm³/mol. The van der Waals surface area contributed by atoms with Crippen LogP contribution in [-0.2, 0) is 6.54 Å². The molecule has 6 nitrogen and oxygen atoms in total. The van der Waals surface area contributed by atoms with Gasteiger partial charge in [-0.2, -0.15) is 0 Å². The minimum atomic E-state index is -3.19. The normalized spacial score (nSPS) is 10.7. The van der Waals surface area contributed by atoms with Gasteiger partial charge in [-0.05, 0) is 0 Å². The molecule has 0 saturated carbocycles. The second-order valence-corrected chi connectivity index (χ2v) is 2.68. The van der Waals surface area contributed by atoms with Crippen LogP contribution in [0.1, 0.15) is 17.7 Å². The molecule has 0 bridgehead atoms. The first-order valence-corrected chi connectivity index (χ1v) is 3.86. The lowest BCUT2D eigenvalue weighted by molar-refractivity contribution is -0.386. The Morgan fingerprint density at radius 3 is 2.60 bits per heavy atom. The highest BCUT2D eigenvalue weighted by Gasteiger charge is 2.26. The quantitative estimate of drug-likeness (QED) is 0.576. The van der Waals surface area contributed by atoms with Crippen molar-refractivity contribution in [3.05, 3.63) is 37.8 Å². The van der Waals surface area contributed by atoms with Crippen LogP contribution in [0.3, 0.4) is 0 Å². The Balaban J connectivity index is 3.50. The van der Waals surface area contributed by atoms with Crippen LogP contribution in [0.5, 0.6) is 0 Å². The van der Waals surface area contributed by atoms with E-state index < -0.39 is 28.2 Å². The fourth-order valence-electron chi connectivity index (χ4n) is 1.08. The summed E-state index contributed by atoms with van der Waals surface area (Å²) in [5.74, 6) is 0. The van der Waals surface area contributed by atoms with E-state index in [2.05, 4.69) is 0 Å². The van der Waals surface area contributed by atoms with Gasteiger partial charge in [0.2, 0.25) is 0 Å². The molecule has 0 fully saturated rings. The number of H-pyrrole nitrogens is 1. The molecular formula is C7H7F2N3O3. The summed E-state index contributed by atoms with van der Waals surface area (Å²) in [4.78, 5) is 22.5. The summed E-state index contributed by atoms with van der Waals surface area (Å²) in [6, 6.07) is 0.836. The molecule has 1 rings (SSSR count). The Kier molecular flexibility index (Phi) is 3.10. The average Bonchev–Trinajstić information content (AvgIpc) is 2.15. The molecule has 8 heteroatoms. The Bertz CT molecular complexity index is 444. The summed E-state index contributed by atoms with van der Waals surface area (Å²) in [6.45, 7) is -0.167. The van der Waals surface area contributed by atoms with Crippen LogP contribution in [0, 0.1) is 10.1 Å². The number of hydrogen-bond acceptors (Lipinski definition) is 4. The number of pyridine rings is 1. The molecule has 0 aromatic carbocycles. The molecule has 15 heavy (non-hydrogen) atoms. The molecule has 1 heterocycles. The Labute approximate surface area is 81.9 Å². The third kappa shape index (κ3) is 2.15. The van der Waals surface area contributed by atoms with Gasteiger partial charge >= 0.3 is 0 Å². The van der Waals surface area contributed by atoms with Crippen molar-refractivity contribution in [1.29, 1.82) is 0 Å². The molecule has 0 radical (unpaired) electrons. The number of nitrogens with one attached hydrogen (secondary N) is 1. The topological polar surface area (TPSA) is 102 Å². The minimum absolute atomic E-state index is 0.0381. The lowest BCUT2D eigenvalue weighted by Crippen LogP contribution is -2.19. The first-order valence-electron chi connectivity index (χ1n) is 3.86. The summed E-state index contributed by atoms with van der Waals surface area (Å²) in [5.41, 5.74) is 1.94. The number of aromatic nitrogens is 1. The van der Waals surface area contributed by atoms with E-state index in [0.717, 1.165) is 6.07 Å². The summed E-state index contributed by atoms with van der Waals surface area (Å²) >= 11 is 0. The van der Waals surface area contributed by atoms with Crippen molar-refractivity contribution >= 4 is 5.69 Å². The van der Waals surface area contributed by atoms with E-state index in [9.17, 15) is 23.7 Å². The van der Waals surface area contributed by atoms with Crippen LogP contribution in [0.15, 0.2) is 10.9 Å². The van der Waals surface area contributed by atoms with Crippen molar-refractivity contribution in [3.8, 4) is 0 Å². The Morgan fingerprint density at radius 1 is 1.60 bits per heavy atom. The fourth-order valence-corrected chi connectivity index (χ4v) is 1.08. The van der Waals surface area contributed by atoms with Gasteiger partial charge in [-0.15, -0.1) is 0 Å². The maximum absolute atomic E-state index is 12.3. The van der Waals surface area contributed by atoms with Gasteiger partial charge in [0.05, 0.1) is 4.92 Å². The largest absolute Gasteiger partial charge is 0.325 e. The number of aromatic amines is 1. The number of nitro groups is 1. The minimum Gasteiger partial charge on any atom is -0.325 e. The molecule has 1 aromatic rings. The van der Waals surface area contributed by atoms with Gasteiger partial charge in [0, 0.05) is 18.3 Å². The summed E-state index contributed by atoms with van der Waals surface area (Å²) in [7, 11) is 0. The van der Waals surface area contributed by atoms with Crippen molar-refractivity contribution in [3.63, 3.8) is 0 Å². The van der Waals surface area contributed by atoms with Gasteiger partial charge in [0.15, 0.2) is 5.56 Å². The highest BCUT2D eigenvalue weighted by Crippen LogP contribution is 2.25. The van der Waals surface area contributed by atoms with E-state index >= 15 is 0 Å². The maximum Gasteiger partial charge on any atom is 0.285 e. The monoisotopic (exact) mass is 219 g/mol. The maximum atomic E-state index is 12.3. The predicted octanol–water partition coefficient (Wildman–Crippen LogP) is 0.679. The van der Waals surface area contributed by atoms with E-state index in [1.165, 1.54) is 0 Å². The van der Waals surface area contributed by atoms with E-state index in [0.29, 0.717) is 0 Å². The van der Waals surface area contributed by atoms with Gasteiger partial charge < -0.3 is 10.7 Å². The molecule has 0 aliphatic carbocycles. The summed E-state index contributed by atoms with van der Waals surface area (Å²) < 4.78 is 24.7. The number of nitrogens with zero attached hydrogens (tertiary/aromatic N) is 1. The van der Waals surface area contributed by atoms with Gasteiger partial charge in [-0.3, -0.25) is 14.9 Å². The van der Waals surface area contributed by atoms with Crippen LogP contribution < -0.4 is 11.3 Å². The molecule has 0 amide bonds. The number of nitrogens with two attached hydrogens (primary N) is 1.